The van der Waals surface area contributed by atoms with Crippen molar-refractivity contribution in [1.82, 2.24) is 0 Å². The molecule has 0 fully saturated rings. The second-order valence-electron chi connectivity index (χ2n) is 5.95. The fraction of sp³-hybridized carbons (Fsp3) is 0.143. The van der Waals surface area contributed by atoms with Crippen molar-refractivity contribution < 1.29 is 19.1 Å². The zero-order valence-corrected chi connectivity index (χ0v) is 15.7. The number of aryl methyl sites for hydroxylation is 1. The van der Waals surface area contributed by atoms with E-state index in [-0.39, 0.29) is 12.5 Å². The second kappa shape index (κ2) is 8.10. The minimum atomic E-state index is -0.375. The Kier molecular flexibility index (Phi) is 5.62. The van der Waals surface area contributed by atoms with Crippen molar-refractivity contribution in [3.05, 3.63) is 64.7 Å². The zero-order valence-electron chi connectivity index (χ0n) is 14.9. The molecular weight excluding hydrogens is 366 g/mol. The Balaban J connectivity index is 1.76. The van der Waals surface area contributed by atoms with Crippen LogP contribution in [0, 0.1) is 6.92 Å². The molecule has 1 amide bonds. The van der Waals surface area contributed by atoms with E-state index in [0.29, 0.717) is 27.8 Å². The summed E-state index contributed by atoms with van der Waals surface area (Å²) in [6.45, 7) is 1.59. The van der Waals surface area contributed by atoms with Gasteiger partial charge in [-0.2, -0.15) is 0 Å². The zero-order chi connectivity index (χ0) is 19.4. The van der Waals surface area contributed by atoms with Crippen molar-refractivity contribution in [3.63, 3.8) is 0 Å². The number of anilines is 1. The van der Waals surface area contributed by atoms with Crippen LogP contribution < -0.4 is 14.8 Å². The van der Waals surface area contributed by atoms with Gasteiger partial charge in [-0.3, -0.25) is 9.59 Å². The van der Waals surface area contributed by atoms with Gasteiger partial charge in [-0.05, 0) is 35.4 Å². The number of fused-ring (bicyclic) bond motifs is 1. The number of halogens is 1. The Bertz CT molecular complexity index is 1020. The number of rotatable bonds is 6. The first-order valence-electron chi connectivity index (χ1n) is 8.27. The highest BCUT2D eigenvalue weighted by Crippen LogP contribution is 2.31. The highest BCUT2D eigenvalue weighted by molar-refractivity contribution is 6.31. The molecule has 0 radical (unpaired) electrons. The molecular formula is C21H18ClNO4. The second-order valence-corrected chi connectivity index (χ2v) is 6.36. The molecule has 3 aromatic carbocycles. The van der Waals surface area contributed by atoms with Crippen molar-refractivity contribution in [3.8, 4) is 11.5 Å². The Labute approximate surface area is 161 Å². The molecule has 0 saturated heterocycles. The van der Waals surface area contributed by atoms with E-state index < -0.39 is 0 Å². The van der Waals surface area contributed by atoms with E-state index in [1.165, 1.54) is 7.11 Å². The van der Waals surface area contributed by atoms with E-state index in [1.54, 1.807) is 18.2 Å². The molecule has 138 valence electrons. The number of amides is 1. The van der Waals surface area contributed by atoms with Gasteiger partial charge in [-0.25, -0.2) is 0 Å². The van der Waals surface area contributed by atoms with E-state index in [2.05, 4.69) is 5.32 Å². The van der Waals surface area contributed by atoms with Crippen molar-refractivity contribution in [2.24, 2.45) is 0 Å². The van der Waals surface area contributed by atoms with Gasteiger partial charge in [-0.1, -0.05) is 41.9 Å². The maximum Gasteiger partial charge on any atom is 0.262 e. The van der Waals surface area contributed by atoms with E-state index in [1.807, 2.05) is 37.3 Å². The quantitative estimate of drug-likeness (QED) is 0.630. The van der Waals surface area contributed by atoms with Crippen LogP contribution in [0.15, 0.2) is 48.5 Å². The lowest BCUT2D eigenvalue weighted by atomic mass is 10.0. The first kappa shape index (κ1) is 18.7. The van der Waals surface area contributed by atoms with Gasteiger partial charge >= 0.3 is 0 Å². The summed E-state index contributed by atoms with van der Waals surface area (Å²) >= 11 is 6.07. The van der Waals surface area contributed by atoms with Gasteiger partial charge in [0.1, 0.15) is 11.5 Å². The number of carbonyl (C=O) groups is 2. The molecule has 0 aliphatic heterocycles. The molecule has 0 aromatic heterocycles. The maximum atomic E-state index is 12.3. The first-order valence-corrected chi connectivity index (χ1v) is 8.65. The van der Waals surface area contributed by atoms with E-state index in [4.69, 9.17) is 21.1 Å². The Morgan fingerprint density at radius 1 is 1.15 bits per heavy atom. The average Bonchev–Trinajstić information content (AvgIpc) is 2.68. The molecule has 0 aliphatic rings. The lowest BCUT2D eigenvalue weighted by Gasteiger charge is -2.14. The number of nitrogens with one attached hydrogen (secondary N) is 1. The third kappa shape index (κ3) is 4.04. The van der Waals surface area contributed by atoms with E-state index >= 15 is 0 Å². The van der Waals surface area contributed by atoms with Crippen LogP contribution in [0.2, 0.25) is 5.02 Å². The number of aldehydes is 1. The van der Waals surface area contributed by atoms with E-state index in [0.717, 1.165) is 22.6 Å². The van der Waals surface area contributed by atoms with Gasteiger partial charge in [0.25, 0.3) is 5.91 Å². The van der Waals surface area contributed by atoms with Crippen molar-refractivity contribution in [2.75, 3.05) is 19.0 Å². The summed E-state index contributed by atoms with van der Waals surface area (Å²) in [4.78, 5) is 23.8. The molecule has 0 spiro atoms. The third-order valence-corrected chi connectivity index (χ3v) is 4.57. The minimum Gasteiger partial charge on any atom is -0.495 e. The molecule has 3 aromatic rings. The van der Waals surface area contributed by atoms with Crippen LogP contribution in [0.3, 0.4) is 0 Å². The van der Waals surface area contributed by atoms with Crippen molar-refractivity contribution in [1.29, 1.82) is 0 Å². The first-order chi connectivity index (χ1) is 13.0. The highest BCUT2D eigenvalue weighted by atomic mass is 35.5. The van der Waals surface area contributed by atoms with Gasteiger partial charge < -0.3 is 14.8 Å². The van der Waals surface area contributed by atoms with Crippen molar-refractivity contribution >= 4 is 40.3 Å². The fourth-order valence-corrected chi connectivity index (χ4v) is 2.94. The number of methoxy groups -OCH3 is 1. The van der Waals surface area contributed by atoms with Crippen LogP contribution in [-0.4, -0.2) is 25.9 Å². The summed E-state index contributed by atoms with van der Waals surface area (Å²) in [5, 5.41) is 4.99. The topological polar surface area (TPSA) is 64.6 Å². The lowest BCUT2D eigenvalue weighted by molar-refractivity contribution is -0.118. The molecule has 3 rings (SSSR count). The molecule has 27 heavy (non-hydrogen) atoms. The average molecular weight is 384 g/mol. The van der Waals surface area contributed by atoms with Gasteiger partial charge in [0.05, 0.1) is 18.4 Å². The Hall–Kier alpha value is -3.05. The van der Waals surface area contributed by atoms with Crippen LogP contribution >= 0.6 is 11.6 Å². The van der Waals surface area contributed by atoms with Crippen LogP contribution in [-0.2, 0) is 4.79 Å². The molecule has 0 aliphatic carbocycles. The molecule has 1 N–H and O–H groups in total. The molecule has 0 heterocycles. The molecule has 6 heteroatoms. The van der Waals surface area contributed by atoms with Crippen molar-refractivity contribution in [2.45, 2.75) is 6.92 Å². The standard InChI is InChI=1S/C21H18ClNO4/c1-13-9-18(20(26-2)10-17(13)22)23-21(25)12-27-19-8-7-14-5-3-4-6-15(14)16(19)11-24/h3-11H,12H2,1-2H3,(H,23,25). The lowest BCUT2D eigenvalue weighted by Crippen LogP contribution is -2.21. The number of ether oxygens (including phenoxy) is 2. The monoisotopic (exact) mass is 383 g/mol. The van der Waals surface area contributed by atoms with Crippen LogP contribution in [0.1, 0.15) is 15.9 Å². The number of carbonyl (C=O) groups excluding carboxylic acids is 2. The summed E-state index contributed by atoms with van der Waals surface area (Å²) < 4.78 is 10.8. The van der Waals surface area contributed by atoms with Crippen LogP contribution in [0.25, 0.3) is 10.8 Å². The predicted octanol–water partition coefficient (Wildman–Crippen LogP) is 4.64. The molecule has 0 atom stereocenters. The number of hydrogen-bond donors (Lipinski definition) is 1. The molecule has 0 unspecified atom stereocenters. The number of benzene rings is 3. The Morgan fingerprint density at radius 2 is 1.93 bits per heavy atom. The van der Waals surface area contributed by atoms with Gasteiger partial charge in [-0.15, -0.1) is 0 Å². The predicted molar refractivity (Wildman–Crippen MR) is 106 cm³/mol. The van der Waals surface area contributed by atoms with Gasteiger partial charge in [0, 0.05) is 11.1 Å². The highest BCUT2D eigenvalue weighted by Gasteiger charge is 2.13. The summed E-state index contributed by atoms with van der Waals surface area (Å²) in [6.07, 6.45) is 0.737. The molecule has 5 nitrogen and oxygen atoms in total. The fourth-order valence-electron chi connectivity index (χ4n) is 2.78. The summed E-state index contributed by atoms with van der Waals surface area (Å²) in [5.41, 5.74) is 1.73. The SMILES string of the molecule is COc1cc(Cl)c(C)cc1NC(=O)COc1ccc2ccccc2c1C=O. The van der Waals surface area contributed by atoms with Crippen LogP contribution in [0.4, 0.5) is 5.69 Å². The maximum absolute atomic E-state index is 12.3. The molecule has 0 saturated carbocycles. The number of hydrogen-bond acceptors (Lipinski definition) is 4. The third-order valence-electron chi connectivity index (χ3n) is 4.16. The van der Waals surface area contributed by atoms with Gasteiger partial charge in [0.2, 0.25) is 0 Å². The molecule has 0 bridgehead atoms. The summed E-state index contributed by atoms with van der Waals surface area (Å²) in [6, 6.07) is 14.4. The van der Waals surface area contributed by atoms with Crippen LogP contribution in [0.5, 0.6) is 11.5 Å². The largest absolute Gasteiger partial charge is 0.495 e. The minimum absolute atomic E-state index is 0.246. The van der Waals surface area contributed by atoms with E-state index in [9.17, 15) is 9.59 Å². The Morgan fingerprint density at radius 3 is 2.67 bits per heavy atom. The normalized spacial score (nSPS) is 10.5. The smallest absolute Gasteiger partial charge is 0.262 e. The van der Waals surface area contributed by atoms with Gasteiger partial charge in [0.15, 0.2) is 12.9 Å². The summed E-state index contributed by atoms with van der Waals surface area (Å²) in [7, 11) is 1.50. The summed E-state index contributed by atoms with van der Waals surface area (Å²) in [5.74, 6) is 0.441.